The number of carbonyl (C=O) groups excluding carboxylic acids is 1. The lowest BCUT2D eigenvalue weighted by Crippen LogP contribution is -2.51. The van der Waals surface area contributed by atoms with E-state index >= 15 is 8.78 Å². The van der Waals surface area contributed by atoms with Crippen LogP contribution in [-0.2, 0) is 25.1 Å². The fourth-order valence-corrected chi connectivity index (χ4v) is 5.28. The van der Waals surface area contributed by atoms with Gasteiger partial charge in [0, 0.05) is 29.7 Å². The highest BCUT2D eigenvalue weighted by Gasteiger charge is 2.46. The molecular weight excluding hydrogens is 576 g/mol. The number of hydrogen-bond acceptors (Lipinski definition) is 5. The van der Waals surface area contributed by atoms with Gasteiger partial charge >= 0.3 is 0 Å². The summed E-state index contributed by atoms with van der Waals surface area (Å²) in [6.45, 7) is 6.12. The van der Waals surface area contributed by atoms with E-state index in [4.69, 9.17) is 16.3 Å². The first-order valence-electron chi connectivity index (χ1n) is 14.1. The maximum atomic E-state index is 15.3. The number of piperidine rings is 1. The molecule has 0 N–H and O–H groups in total. The summed E-state index contributed by atoms with van der Waals surface area (Å²) in [4.78, 5) is 26.8. The third kappa shape index (κ3) is 7.30. The Hall–Kier alpha value is -4.05. The van der Waals surface area contributed by atoms with Gasteiger partial charge in [0.2, 0.25) is 0 Å². The van der Waals surface area contributed by atoms with E-state index in [1.807, 2.05) is 24.3 Å². The fourth-order valence-electron chi connectivity index (χ4n) is 5.09. The van der Waals surface area contributed by atoms with Crippen LogP contribution in [0.3, 0.4) is 0 Å². The van der Waals surface area contributed by atoms with Crippen molar-refractivity contribution in [3.8, 4) is 5.75 Å². The average molecular weight is 610 g/mol. The predicted molar refractivity (Wildman–Crippen MR) is 160 cm³/mol. The van der Waals surface area contributed by atoms with Crippen molar-refractivity contribution in [3.05, 3.63) is 111 Å². The molecule has 0 saturated carbocycles. The van der Waals surface area contributed by atoms with E-state index in [2.05, 4.69) is 31.1 Å². The van der Waals surface area contributed by atoms with Gasteiger partial charge in [0.25, 0.3) is 17.4 Å². The molecule has 2 aromatic heterocycles. The van der Waals surface area contributed by atoms with Crippen LogP contribution in [0.15, 0.2) is 77.9 Å². The molecule has 3 heterocycles. The maximum absolute atomic E-state index is 15.3. The molecule has 8 nitrogen and oxygen atoms in total. The summed E-state index contributed by atoms with van der Waals surface area (Å²) in [5, 5.41) is 8.59. The Morgan fingerprint density at radius 3 is 2.51 bits per heavy atom. The second-order valence-electron chi connectivity index (χ2n) is 11.9. The third-order valence-corrected chi connectivity index (χ3v) is 8.03. The lowest BCUT2D eigenvalue weighted by molar-refractivity contribution is -0.108. The van der Waals surface area contributed by atoms with Gasteiger partial charge in [-0.05, 0) is 47.2 Å². The molecule has 1 saturated heterocycles. The Bertz CT molecular complexity index is 1650. The molecule has 2 aromatic carbocycles. The van der Waals surface area contributed by atoms with Gasteiger partial charge in [0.1, 0.15) is 18.1 Å². The maximum Gasteiger partial charge on any atom is 0.269 e. The number of ether oxygens (including phenoxy) is 1. The van der Waals surface area contributed by atoms with Crippen molar-refractivity contribution in [1.29, 1.82) is 0 Å². The molecule has 43 heavy (non-hydrogen) atoms. The molecule has 1 aliphatic heterocycles. The van der Waals surface area contributed by atoms with Crippen molar-refractivity contribution >= 4 is 17.5 Å². The average Bonchev–Trinajstić information content (AvgIpc) is 3.42. The Balaban J connectivity index is 1.18. The summed E-state index contributed by atoms with van der Waals surface area (Å²) in [5.74, 6) is -4.03. The number of nitrogens with zero attached hydrogens (tertiary/aromatic N) is 5. The van der Waals surface area contributed by atoms with Crippen LogP contribution in [-0.4, -0.2) is 49.4 Å². The minimum Gasteiger partial charge on any atom is -0.487 e. The van der Waals surface area contributed by atoms with Crippen LogP contribution in [0.25, 0.3) is 0 Å². The number of pyridine rings is 1. The quantitative estimate of drug-likeness (QED) is 0.252. The summed E-state index contributed by atoms with van der Waals surface area (Å²) in [6, 6.07) is 17.5. The molecule has 4 aromatic rings. The second-order valence-corrected chi connectivity index (χ2v) is 12.4. The topological polar surface area (TPSA) is 82.2 Å². The van der Waals surface area contributed by atoms with E-state index < -0.39 is 24.3 Å². The molecule has 1 aliphatic rings. The third-order valence-electron chi connectivity index (χ3n) is 7.66. The molecule has 226 valence electrons. The highest BCUT2D eigenvalue weighted by Crippen LogP contribution is 2.34. The van der Waals surface area contributed by atoms with Crippen LogP contribution in [0.4, 0.5) is 8.78 Å². The Kier molecular flexibility index (Phi) is 8.69. The lowest BCUT2D eigenvalue weighted by Gasteiger charge is -2.38. The molecular formula is C32H34ClF2N5O3. The number of rotatable bonds is 8. The monoisotopic (exact) mass is 609 g/mol. The highest BCUT2D eigenvalue weighted by atomic mass is 35.5. The lowest BCUT2D eigenvalue weighted by atomic mass is 9.87. The number of benzene rings is 2. The summed E-state index contributed by atoms with van der Waals surface area (Å²) in [6.07, 6.45) is 3.10. The first-order valence-corrected chi connectivity index (χ1v) is 14.5. The van der Waals surface area contributed by atoms with Gasteiger partial charge in [0.15, 0.2) is 0 Å². The number of likely N-dealkylation sites (tertiary alicyclic amines) is 1. The number of aromatic nitrogens is 4. The van der Waals surface area contributed by atoms with E-state index in [0.29, 0.717) is 22.0 Å². The zero-order valence-corrected chi connectivity index (χ0v) is 25.1. The van der Waals surface area contributed by atoms with E-state index in [1.54, 1.807) is 30.5 Å². The van der Waals surface area contributed by atoms with Crippen LogP contribution in [0.2, 0.25) is 5.02 Å². The van der Waals surface area contributed by atoms with Crippen molar-refractivity contribution in [2.75, 3.05) is 13.1 Å². The number of hydrogen-bond donors (Lipinski definition) is 0. The molecule has 0 spiro atoms. The first kappa shape index (κ1) is 30.4. The van der Waals surface area contributed by atoms with Crippen molar-refractivity contribution < 1.29 is 18.3 Å². The Labute approximate surface area is 253 Å². The summed E-state index contributed by atoms with van der Waals surface area (Å²) in [7, 11) is 0. The van der Waals surface area contributed by atoms with Crippen LogP contribution in [0.5, 0.6) is 5.75 Å². The molecule has 11 heteroatoms. The molecule has 0 radical (unpaired) electrons. The summed E-state index contributed by atoms with van der Waals surface area (Å²) >= 11 is 6.22. The summed E-state index contributed by atoms with van der Waals surface area (Å²) in [5.41, 5.74) is 2.31. The molecule has 1 fully saturated rings. The van der Waals surface area contributed by atoms with Crippen LogP contribution in [0, 0.1) is 5.92 Å². The number of halogens is 3. The van der Waals surface area contributed by atoms with Gasteiger partial charge in [-0.3, -0.25) is 14.3 Å². The number of alkyl halides is 2. The number of carbonyl (C=O) groups is 1. The molecule has 5 rings (SSSR count). The number of amides is 1. The van der Waals surface area contributed by atoms with E-state index in [0.717, 1.165) is 4.90 Å². The molecule has 1 atom stereocenters. The zero-order chi connectivity index (χ0) is 30.8. The van der Waals surface area contributed by atoms with Gasteiger partial charge < -0.3 is 14.2 Å². The predicted octanol–water partition coefficient (Wildman–Crippen LogP) is 5.82. The molecule has 0 aliphatic carbocycles. The SMILES string of the molecule is CC(C)(C)c1ccc(OCc2cn(CC3CCN(C(=O)c4ccc(=O)n(Cc5ccccc5Cl)c4)CC3(F)F)nn2)cc1. The van der Waals surface area contributed by atoms with Crippen molar-refractivity contribution in [2.45, 2.75) is 58.2 Å². The van der Waals surface area contributed by atoms with Gasteiger partial charge in [0.05, 0.1) is 31.4 Å². The second kappa shape index (κ2) is 12.3. The van der Waals surface area contributed by atoms with Crippen LogP contribution in [0.1, 0.15) is 54.4 Å². The van der Waals surface area contributed by atoms with Crippen LogP contribution < -0.4 is 10.3 Å². The Morgan fingerprint density at radius 1 is 1.07 bits per heavy atom. The van der Waals surface area contributed by atoms with Gasteiger partial charge in [-0.1, -0.05) is 67.9 Å². The molecule has 0 bridgehead atoms. The normalized spacial score (nSPS) is 16.7. The smallest absolute Gasteiger partial charge is 0.269 e. The minimum absolute atomic E-state index is 0.0367. The van der Waals surface area contributed by atoms with Crippen molar-refractivity contribution in [3.63, 3.8) is 0 Å². The van der Waals surface area contributed by atoms with E-state index in [9.17, 15) is 9.59 Å². The van der Waals surface area contributed by atoms with Gasteiger partial charge in [-0.2, -0.15) is 0 Å². The minimum atomic E-state index is -3.14. The van der Waals surface area contributed by atoms with E-state index in [1.165, 1.54) is 33.1 Å². The van der Waals surface area contributed by atoms with Crippen LogP contribution >= 0.6 is 11.6 Å². The molecule has 1 amide bonds. The van der Waals surface area contributed by atoms with Gasteiger partial charge in [-0.25, -0.2) is 8.78 Å². The van der Waals surface area contributed by atoms with E-state index in [-0.39, 0.29) is 49.2 Å². The largest absolute Gasteiger partial charge is 0.487 e. The first-order chi connectivity index (χ1) is 20.4. The Morgan fingerprint density at radius 2 is 1.81 bits per heavy atom. The molecule has 1 unspecified atom stereocenters. The highest BCUT2D eigenvalue weighted by molar-refractivity contribution is 6.31. The van der Waals surface area contributed by atoms with Crippen molar-refractivity contribution in [2.24, 2.45) is 5.92 Å². The zero-order valence-electron chi connectivity index (χ0n) is 24.3. The van der Waals surface area contributed by atoms with Crippen molar-refractivity contribution in [1.82, 2.24) is 24.5 Å². The van der Waals surface area contributed by atoms with Gasteiger partial charge in [-0.15, -0.1) is 5.10 Å². The fraction of sp³-hybridized carbons (Fsp3) is 0.375. The standard InChI is InChI=1S/C32H34ClF2N5O3/c1-31(2,3)24-9-11-27(12-10-24)43-20-26-19-40(37-36-26)18-25-14-15-38(21-32(25,34)35)30(42)23-8-13-29(41)39(17-23)16-22-6-4-5-7-28(22)33/h4-13,17,19,25H,14-16,18,20-21H2,1-3H3. The summed E-state index contributed by atoms with van der Waals surface area (Å²) < 4.78 is 39.2.